The number of hydrogen-bond acceptors (Lipinski definition) is 9. The van der Waals surface area contributed by atoms with Crippen molar-refractivity contribution in [1.29, 1.82) is 0 Å². The number of ether oxygens (including phenoxy) is 1. The summed E-state index contributed by atoms with van der Waals surface area (Å²) in [4.78, 5) is 30.1. The van der Waals surface area contributed by atoms with Gasteiger partial charge in [0.2, 0.25) is 10.0 Å². The molecule has 1 unspecified atom stereocenters. The van der Waals surface area contributed by atoms with Crippen LogP contribution in [0.3, 0.4) is 0 Å². The van der Waals surface area contributed by atoms with Gasteiger partial charge in [-0.05, 0) is 44.5 Å². The summed E-state index contributed by atoms with van der Waals surface area (Å²) in [6.07, 6.45) is 3.88. The summed E-state index contributed by atoms with van der Waals surface area (Å²) in [7, 11) is -3.46. The number of nitrogens with zero attached hydrogens (tertiary/aromatic N) is 6. The fraction of sp³-hybridized carbons (Fsp3) is 0.375. The second-order valence-corrected chi connectivity index (χ2v) is 11.8. The molecule has 5 heterocycles. The number of nitrogens with one attached hydrogen (secondary N) is 1. The van der Waals surface area contributed by atoms with Gasteiger partial charge in [0.05, 0.1) is 38.9 Å². The van der Waals surface area contributed by atoms with Gasteiger partial charge in [0, 0.05) is 19.2 Å². The molecule has 0 spiro atoms. The van der Waals surface area contributed by atoms with Crippen LogP contribution in [0.25, 0.3) is 5.65 Å². The SMILES string of the molecule is CCc1nc(NS(C)(=O)=O)ccc1OCC(=O)N1CCc2nc3cccnn3c2C1c1sc(C)nc1C. The number of pyridine rings is 1. The Morgan fingerprint density at radius 3 is 2.73 bits per heavy atom. The molecule has 194 valence electrons. The summed E-state index contributed by atoms with van der Waals surface area (Å²) in [5.74, 6) is 0.454. The Morgan fingerprint density at radius 2 is 2.03 bits per heavy atom. The fourth-order valence-electron chi connectivity index (χ4n) is 4.59. The van der Waals surface area contributed by atoms with Crippen molar-refractivity contribution in [2.45, 2.75) is 39.7 Å². The van der Waals surface area contributed by atoms with E-state index in [2.05, 4.69) is 19.8 Å². The summed E-state index contributed by atoms with van der Waals surface area (Å²) in [6.45, 7) is 6.08. The van der Waals surface area contributed by atoms with Gasteiger partial charge >= 0.3 is 0 Å². The van der Waals surface area contributed by atoms with E-state index >= 15 is 0 Å². The van der Waals surface area contributed by atoms with E-state index in [4.69, 9.17) is 9.72 Å². The van der Waals surface area contributed by atoms with Gasteiger partial charge in [-0.3, -0.25) is 9.52 Å². The first-order valence-corrected chi connectivity index (χ1v) is 14.5. The molecule has 0 saturated heterocycles. The zero-order valence-electron chi connectivity index (χ0n) is 20.9. The number of fused-ring (bicyclic) bond motifs is 3. The first-order valence-electron chi connectivity index (χ1n) is 11.8. The molecular formula is C24H27N7O4S2. The molecule has 1 aliphatic heterocycles. The Hall–Kier alpha value is -3.58. The maximum atomic E-state index is 13.6. The molecule has 1 amide bonds. The molecule has 0 bridgehead atoms. The van der Waals surface area contributed by atoms with Gasteiger partial charge < -0.3 is 9.64 Å². The minimum atomic E-state index is -3.46. The van der Waals surface area contributed by atoms with Crippen LogP contribution in [-0.2, 0) is 27.7 Å². The first-order chi connectivity index (χ1) is 17.6. The summed E-state index contributed by atoms with van der Waals surface area (Å²) < 4.78 is 33.2. The third kappa shape index (κ3) is 5.01. The average Bonchev–Trinajstić information content (AvgIpc) is 3.40. The lowest BCUT2D eigenvalue weighted by molar-refractivity contribution is -0.135. The Kier molecular flexibility index (Phi) is 6.58. The van der Waals surface area contributed by atoms with Crippen LogP contribution in [0, 0.1) is 13.8 Å². The minimum Gasteiger partial charge on any atom is -0.482 e. The van der Waals surface area contributed by atoms with E-state index in [-0.39, 0.29) is 24.4 Å². The second kappa shape index (κ2) is 9.71. The van der Waals surface area contributed by atoms with Crippen molar-refractivity contribution in [3.63, 3.8) is 0 Å². The predicted molar refractivity (Wildman–Crippen MR) is 139 cm³/mol. The van der Waals surface area contributed by atoms with Crippen molar-refractivity contribution in [1.82, 2.24) is 29.5 Å². The highest BCUT2D eigenvalue weighted by Gasteiger charge is 2.38. The van der Waals surface area contributed by atoms with E-state index in [0.29, 0.717) is 30.8 Å². The van der Waals surface area contributed by atoms with Crippen LogP contribution in [0.4, 0.5) is 5.82 Å². The highest BCUT2D eigenvalue weighted by molar-refractivity contribution is 7.92. The largest absolute Gasteiger partial charge is 0.482 e. The molecule has 11 nitrogen and oxygen atoms in total. The van der Waals surface area contributed by atoms with Crippen LogP contribution in [0.5, 0.6) is 5.75 Å². The number of carbonyl (C=O) groups excluding carboxylic acids is 1. The maximum Gasteiger partial charge on any atom is 0.261 e. The van der Waals surface area contributed by atoms with E-state index in [1.807, 2.05) is 37.8 Å². The van der Waals surface area contributed by atoms with Gasteiger partial charge in [0.25, 0.3) is 5.91 Å². The smallest absolute Gasteiger partial charge is 0.261 e. The molecule has 1 atom stereocenters. The predicted octanol–water partition coefficient (Wildman–Crippen LogP) is 2.68. The number of sulfonamides is 1. The molecule has 4 aromatic rings. The summed E-state index contributed by atoms with van der Waals surface area (Å²) in [6, 6.07) is 6.51. The van der Waals surface area contributed by atoms with Crippen LogP contribution in [0.1, 0.15) is 45.6 Å². The Morgan fingerprint density at radius 1 is 1.22 bits per heavy atom. The highest BCUT2D eigenvalue weighted by atomic mass is 32.2. The quantitative estimate of drug-likeness (QED) is 0.378. The monoisotopic (exact) mass is 541 g/mol. The number of hydrogen-bond donors (Lipinski definition) is 1. The summed E-state index contributed by atoms with van der Waals surface area (Å²) in [5.41, 5.74) is 3.96. The van der Waals surface area contributed by atoms with Crippen molar-refractivity contribution in [2.24, 2.45) is 0 Å². The number of aromatic nitrogens is 5. The van der Waals surface area contributed by atoms with Gasteiger partial charge in [-0.25, -0.2) is 27.9 Å². The normalized spacial score (nSPS) is 15.6. The van der Waals surface area contributed by atoms with Crippen molar-refractivity contribution >= 4 is 38.7 Å². The van der Waals surface area contributed by atoms with Crippen molar-refractivity contribution in [3.8, 4) is 5.75 Å². The zero-order chi connectivity index (χ0) is 26.3. The second-order valence-electron chi connectivity index (χ2n) is 8.82. The van der Waals surface area contributed by atoms with Crippen LogP contribution in [0.15, 0.2) is 30.5 Å². The molecule has 5 rings (SSSR count). The fourth-order valence-corrected chi connectivity index (χ4v) is 6.13. The molecule has 0 aromatic carbocycles. The number of anilines is 1. The highest BCUT2D eigenvalue weighted by Crippen LogP contribution is 2.39. The van der Waals surface area contributed by atoms with Gasteiger partial charge in [0.1, 0.15) is 17.6 Å². The van der Waals surface area contributed by atoms with E-state index in [9.17, 15) is 13.2 Å². The number of rotatable bonds is 7. The molecule has 0 aliphatic carbocycles. The lowest BCUT2D eigenvalue weighted by Crippen LogP contribution is -2.43. The van der Waals surface area contributed by atoms with Gasteiger partial charge in [-0.15, -0.1) is 11.3 Å². The van der Waals surface area contributed by atoms with Crippen molar-refractivity contribution in [3.05, 3.63) is 63.1 Å². The van der Waals surface area contributed by atoms with Gasteiger partial charge in [0.15, 0.2) is 12.3 Å². The molecule has 0 saturated carbocycles. The molecular weight excluding hydrogens is 514 g/mol. The number of carbonyl (C=O) groups is 1. The standard InChI is InChI=1S/C24H27N7O4S2/c1-5-16-18(8-9-19(27-16)29-37(4,33)34)35-13-21(32)30-12-10-17-22(31-20(28-17)7-6-11-25-31)23(30)24-14(2)26-15(3)36-24/h6-9,11,23H,5,10,12-13H2,1-4H3,(H,27,29). The third-order valence-corrected chi connectivity index (χ3v) is 7.79. The summed E-state index contributed by atoms with van der Waals surface area (Å²) >= 11 is 1.56. The average molecular weight is 542 g/mol. The van der Waals surface area contributed by atoms with E-state index in [0.717, 1.165) is 38.9 Å². The van der Waals surface area contributed by atoms with E-state index in [1.54, 1.807) is 28.1 Å². The molecule has 1 aliphatic rings. The topological polar surface area (TPSA) is 132 Å². The number of imidazole rings is 1. The van der Waals surface area contributed by atoms with E-state index < -0.39 is 10.0 Å². The molecule has 13 heteroatoms. The van der Waals surface area contributed by atoms with Crippen LogP contribution < -0.4 is 9.46 Å². The number of aryl methyl sites for hydroxylation is 3. The van der Waals surface area contributed by atoms with E-state index in [1.165, 1.54) is 6.07 Å². The lowest BCUT2D eigenvalue weighted by Gasteiger charge is -2.35. The Labute approximate surface area is 218 Å². The molecule has 1 N–H and O–H groups in total. The first kappa shape index (κ1) is 25.1. The summed E-state index contributed by atoms with van der Waals surface area (Å²) in [5, 5.41) is 5.45. The van der Waals surface area contributed by atoms with Gasteiger partial charge in [-0.1, -0.05) is 6.92 Å². The van der Waals surface area contributed by atoms with Crippen LogP contribution >= 0.6 is 11.3 Å². The molecule has 0 fully saturated rings. The maximum absolute atomic E-state index is 13.6. The number of amides is 1. The zero-order valence-corrected chi connectivity index (χ0v) is 22.6. The minimum absolute atomic E-state index is 0.188. The van der Waals surface area contributed by atoms with Crippen molar-refractivity contribution in [2.75, 3.05) is 24.1 Å². The molecule has 0 radical (unpaired) electrons. The lowest BCUT2D eigenvalue weighted by atomic mass is 10.00. The number of thiazole rings is 1. The van der Waals surface area contributed by atoms with Crippen LogP contribution in [-0.4, -0.2) is 63.2 Å². The molecule has 4 aromatic heterocycles. The third-order valence-electron chi connectivity index (χ3n) is 6.08. The molecule has 37 heavy (non-hydrogen) atoms. The van der Waals surface area contributed by atoms with Crippen LogP contribution in [0.2, 0.25) is 0 Å². The van der Waals surface area contributed by atoms with Gasteiger partial charge in [-0.2, -0.15) is 5.10 Å². The van der Waals surface area contributed by atoms with Crippen molar-refractivity contribution < 1.29 is 17.9 Å². The Bertz CT molecular complexity index is 1600. The Balaban J connectivity index is 1.45.